The van der Waals surface area contributed by atoms with E-state index in [0.717, 1.165) is 15.4 Å². The van der Waals surface area contributed by atoms with Crippen molar-refractivity contribution in [1.29, 1.82) is 0 Å². The molecule has 2 aromatic carbocycles. The lowest BCUT2D eigenvalue weighted by Gasteiger charge is -2.12. The van der Waals surface area contributed by atoms with Gasteiger partial charge in [0.2, 0.25) is 0 Å². The second-order valence-electron chi connectivity index (χ2n) is 5.03. The zero-order valence-electron chi connectivity index (χ0n) is 13.1. The Bertz CT molecular complexity index is 652. The van der Waals surface area contributed by atoms with Gasteiger partial charge >= 0.3 is 0 Å². The van der Waals surface area contributed by atoms with Gasteiger partial charge in [0.15, 0.2) is 5.78 Å². The van der Waals surface area contributed by atoms with Gasteiger partial charge in [0.25, 0.3) is 0 Å². The second-order valence-corrected chi connectivity index (χ2v) is 6.92. The molecular formula is C19H20OS2. The van der Waals surface area contributed by atoms with E-state index >= 15 is 0 Å². The van der Waals surface area contributed by atoms with Gasteiger partial charge in [-0.15, -0.1) is 23.5 Å². The maximum Gasteiger partial charge on any atom is 0.190 e. The van der Waals surface area contributed by atoms with E-state index in [9.17, 15) is 4.79 Å². The number of carbonyl (C=O) groups excluding carboxylic acids is 1. The molecule has 0 saturated heterocycles. The van der Waals surface area contributed by atoms with Crippen molar-refractivity contribution < 1.29 is 4.79 Å². The summed E-state index contributed by atoms with van der Waals surface area (Å²) >= 11 is 3.29. The average Bonchev–Trinajstić information content (AvgIpc) is 2.57. The molecular weight excluding hydrogens is 308 g/mol. The van der Waals surface area contributed by atoms with Crippen LogP contribution in [0.4, 0.5) is 0 Å². The van der Waals surface area contributed by atoms with Crippen molar-refractivity contribution in [3.63, 3.8) is 0 Å². The molecule has 0 saturated carbocycles. The fraction of sp³-hybridized carbons (Fsp3) is 0.211. The van der Waals surface area contributed by atoms with E-state index in [1.54, 1.807) is 23.5 Å². The monoisotopic (exact) mass is 328 g/mol. The molecule has 0 atom stereocenters. The number of aryl methyl sites for hydroxylation is 1. The molecule has 0 spiro atoms. The minimum absolute atomic E-state index is 0.125. The summed E-state index contributed by atoms with van der Waals surface area (Å²) in [6, 6.07) is 17.9. The van der Waals surface area contributed by atoms with Gasteiger partial charge in [-0.05, 0) is 25.0 Å². The van der Waals surface area contributed by atoms with Crippen LogP contribution >= 0.6 is 23.5 Å². The minimum Gasteiger partial charge on any atom is -0.289 e. The molecule has 0 amide bonds. The first-order valence-electron chi connectivity index (χ1n) is 7.12. The normalized spacial score (nSPS) is 10.3. The number of Topliss-reactive ketones (excluding diaryl/α,β-unsaturated/α-hetero) is 1. The molecule has 0 heterocycles. The zero-order chi connectivity index (χ0) is 15.9. The number of carbonyl (C=O) groups is 1. The van der Waals surface area contributed by atoms with Crippen LogP contribution in [0.5, 0.6) is 0 Å². The highest BCUT2D eigenvalue weighted by molar-refractivity contribution is 8.21. The molecule has 0 N–H and O–H groups in total. The Morgan fingerprint density at radius 1 is 0.909 bits per heavy atom. The number of hydrogen-bond acceptors (Lipinski definition) is 3. The largest absolute Gasteiger partial charge is 0.289 e. The third-order valence-corrected chi connectivity index (χ3v) is 5.66. The average molecular weight is 329 g/mol. The van der Waals surface area contributed by atoms with Crippen LogP contribution in [0.2, 0.25) is 0 Å². The van der Waals surface area contributed by atoms with E-state index in [0.29, 0.717) is 6.42 Å². The van der Waals surface area contributed by atoms with Crippen molar-refractivity contribution in [2.75, 3.05) is 12.5 Å². The topological polar surface area (TPSA) is 17.1 Å². The standard InChI is InChI=1S/C19H20OS2/c1-14-9-11-15(12-10-14)13-17(19(21-2)22-3)18(20)16-7-5-4-6-8-16/h4-12H,13H2,1-3H3. The highest BCUT2D eigenvalue weighted by Crippen LogP contribution is 2.31. The molecule has 0 unspecified atom stereocenters. The predicted octanol–water partition coefficient (Wildman–Crippen LogP) is 5.36. The Hall–Kier alpha value is -1.45. The van der Waals surface area contributed by atoms with Gasteiger partial charge in [-0.2, -0.15) is 0 Å². The predicted molar refractivity (Wildman–Crippen MR) is 99.7 cm³/mol. The lowest BCUT2D eigenvalue weighted by molar-refractivity contribution is 0.103. The maximum atomic E-state index is 12.9. The van der Waals surface area contributed by atoms with Crippen molar-refractivity contribution in [3.8, 4) is 0 Å². The van der Waals surface area contributed by atoms with Crippen LogP contribution in [0.25, 0.3) is 0 Å². The van der Waals surface area contributed by atoms with Crippen molar-refractivity contribution in [3.05, 3.63) is 81.1 Å². The number of allylic oxidation sites excluding steroid dienone is 1. The van der Waals surface area contributed by atoms with E-state index in [-0.39, 0.29) is 5.78 Å². The molecule has 2 aromatic rings. The molecule has 0 aliphatic rings. The molecule has 0 aliphatic carbocycles. The van der Waals surface area contributed by atoms with Crippen LogP contribution in [0.15, 0.2) is 64.4 Å². The van der Waals surface area contributed by atoms with Gasteiger partial charge < -0.3 is 0 Å². The third-order valence-electron chi connectivity index (χ3n) is 3.43. The first kappa shape index (κ1) is 16.9. The van der Waals surface area contributed by atoms with Gasteiger partial charge in [0.05, 0.1) is 0 Å². The Morgan fingerprint density at radius 2 is 1.50 bits per heavy atom. The number of rotatable bonds is 6. The van der Waals surface area contributed by atoms with Gasteiger partial charge in [-0.1, -0.05) is 60.2 Å². The van der Waals surface area contributed by atoms with Crippen LogP contribution in [-0.2, 0) is 6.42 Å². The van der Waals surface area contributed by atoms with Gasteiger partial charge in [-0.3, -0.25) is 4.79 Å². The summed E-state index contributed by atoms with van der Waals surface area (Å²) < 4.78 is 1.09. The van der Waals surface area contributed by atoms with E-state index < -0.39 is 0 Å². The summed E-state index contributed by atoms with van der Waals surface area (Å²) in [5.74, 6) is 0.125. The Labute approximate surface area is 141 Å². The zero-order valence-corrected chi connectivity index (χ0v) is 14.8. The molecule has 114 valence electrons. The van der Waals surface area contributed by atoms with Crippen LogP contribution in [0.3, 0.4) is 0 Å². The SMILES string of the molecule is CSC(SC)=C(Cc1ccc(C)cc1)C(=O)c1ccccc1. The van der Waals surface area contributed by atoms with Crippen molar-refractivity contribution in [1.82, 2.24) is 0 Å². The molecule has 0 bridgehead atoms. The van der Waals surface area contributed by atoms with E-state index in [4.69, 9.17) is 0 Å². The minimum atomic E-state index is 0.125. The number of ketones is 1. The lowest BCUT2D eigenvalue weighted by Crippen LogP contribution is -2.08. The first-order valence-corrected chi connectivity index (χ1v) is 9.57. The smallest absolute Gasteiger partial charge is 0.190 e. The molecule has 0 aromatic heterocycles. The second kappa shape index (κ2) is 8.25. The molecule has 2 rings (SSSR count). The van der Waals surface area contributed by atoms with E-state index in [2.05, 4.69) is 31.2 Å². The van der Waals surface area contributed by atoms with Crippen LogP contribution in [0.1, 0.15) is 21.5 Å². The molecule has 1 nitrogen and oxygen atoms in total. The lowest BCUT2D eigenvalue weighted by atomic mass is 9.98. The maximum absolute atomic E-state index is 12.9. The fourth-order valence-electron chi connectivity index (χ4n) is 2.25. The van der Waals surface area contributed by atoms with Crippen molar-refractivity contribution in [2.45, 2.75) is 13.3 Å². The number of benzene rings is 2. The van der Waals surface area contributed by atoms with Gasteiger partial charge in [0, 0.05) is 21.8 Å². The highest BCUT2D eigenvalue weighted by Gasteiger charge is 2.17. The Morgan fingerprint density at radius 3 is 2.05 bits per heavy atom. The summed E-state index contributed by atoms with van der Waals surface area (Å²) in [5.41, 5.74) is 4.05. The summed E-state index contributed by atoms with van der Waals surface area (Å²) in [6.45, 7) is 2.07. The Kier molecular flexibility index (Phi) is 6.34. The fourth-order valence-corrected chi connectivity index (χ4v) is 3.74. The summed E-state index contributed by atoms with van der Waals surface area (Å²) in [5, 5.41) is 0. The van der Waals surface area contributed by atoms with Crippen LogP contribution in [0, 0.1) is 6.92 Å². The Balaban J connectivity index is 2.37. The summed E-state index contributed by atoms with van der Waals surface area (Å²) in [4.78, 5) is 12.9. The quantitative estimate of drug-likeness (QED) is 0.525. The molecule has 0 radical (unpaired) electrons. The molecule has 22 heavy (non-hydrogen) atoms. The first-order chi connectivity index (χ1) is 10.7. The van der Waals surface area contributed by atoms with E-state index in [1.807, 2.05) is 42.8 Å². The molecule has 0 aliphatic heterocycles. The van der Waals surface area contributed by atoms with Crippen LogP contribution in [-0.4, -0.2) is 18.3 Å². The van der Waals surface area contributed by atoms with Gasteiger partial charge in [0.1, 0.15) is 0 Å². The van der Waals surface area contributed by atoms with Crippen LogP contribution < -0.4 is 0 Å². The van der Waals surface area contributed by atoms with E-state index in [1.165, 1.54) is 11.1 Å². The van der Waals surface area contributed by atoms with Crippen molar-refractivity contribution >= 4 is 29.3 Å². The molecule has 3 heteroatoms. The number of thioether (sulfide) groups is 2. The highest BCUT2D eigenvalue weighted by atomic mass is 32.2. The summed E-state index contributed by atoms with van der Waals surface area (Å²) in [6.07, 6.45) is 4.73. The van der Waals surface area contributed by atoms with Crippen molar-refractivity contribution in [2.24, 2.45) is 0 Å². The van der Waals surface area contributed by atoms with Gasteiger partial charge in [-0.25, -0.2) is 0 Å². The third kappa shape index (κ3) is 4.28. The molecule has 0 fully saturated rings. The summed E-state index contributed by atoms with van der Waals surface area (Å²) in [7, 11) is 0. The number of hydrogen-bond donors (Lipinski definition) is 0.